The molecule has 6 rings (SSSR count). The molecule has 1 saturated heterocycles. The lowest BCUT2D eigenvalue weighted by molar-refractivity contribution is 0.0314. The lowest BCUT2D eigenvalue weighted by Gasteiger charge is -2.31. The van der Waals surface area contributed by atoms with E-state index >= 15 is 0 Å². The van der Waals surface area contributed by atoms with Gasteiger partial charge in [-0.05, 0) is 41.5 Å². The fourth-order valence-corrected chi connectivity index (χ4v) is 5.16. The smallest absolute Gasteiger partial charge is 0.290 e. The van der Waals surface area contributed by atoms with Gasteiger partial charge in [0.25, 0.3) is 5.91 Å². The van der Waals surface area contributed by atoms with Crippen molar-refractivity contribution in [1.29, 1.82) is 0 Å². The summed E-state index contributed by atoms with van der Waals surface area (Å²) in [5.41, 5.74) is 1.78. The molecular weight excluding hydrogens is 487 g/mol. The van der Waals surface area contributed by atoms with Crippen LogP contribution in [0.5, 0.6) is 5.75 Å². The van der Waals surface area contributed by atoms with E-state index in [0.29, 0.717) is 38.7 Å². The Hall–Kier alpha value is -4.01. The quantitative estimate of drug-likeness (QED) is 0.364. The molecule has 0 spiro atoms. The Labute approximate surface area is 219 Å². The third kappa shape index (κ3) is 4.68. The van der Waals surface area contributed by atoms with Gasteiger partial charge in [-0.3, -0.25) is 14.5 Å². The van der Waals surface area contributed by atoms with Gasteiger partial charge in [0, 0.05) is 26.2 Å². The van der Waals surface area contributed by atoms with Crippen LogP contribution in [0, 0.1) is 5.82 Å². The molecule has 8 heteroatoms. The van der Waals surface area contributed by atoms with Crippen LogP contribution in [-0.2, 0) is 11.3 Å². The highest BCUT2D eigenvalue weighted by molar-refractivity contribution is 5.99. The first kappa shape index (κ1) is 24.3. The minimum absolute atomic E-state index is 0.0108. The summed E-state index contributed by atoms with van der Waals surface area (Å²) in [7, 11) is 0. The molecule has 0 radical (unpaired) electrons. The highest BCUT2D eigenvalue weighted by Crippen LogP contribution is 2.39. The summed E-state index contributed by atoms with van der Waals surface area (Å²) in [6, 6.07) is 20.3. The van der Waals surface area contributed by atoms with E-state index in [1.807, 2.05) is 54.6 Å². The van der Waals surface area contributed by atoms with E-state index in [-0.39, 0.29) is 28.2 Å². The van der Waals surface area contributed by atoms with E-state index in [2.05, 4.69) is 4.90 Å². The number of rotatable bonds is 7. The maximum atomic E-state index is 14.1. The number of carbonyl (C=O) groups is 1. The number of carbonyl (C=O) groups excluding carboxylic acids is 1. The summed E-state index contributed by atoms with van der Waals surface area (Å²) < 4.78 is 31.5. The Morgan fingerprint density at radius 3 is 2.55 bits per heavy atom. The zero-order valence-corrected chi connectivity index (χ0v) is 20.8. The number of amides is 1. The van der Waals surface area contributed by atoms with Crippen molar-refractivity contribution in [2.24, 2.45) is 0 Å². The second-order valence-electron chi connectivity index (χ2n) is 9.52. The largest absolute Gasteiger partial charge is 0.489 e. The van der Waals surface area contributed by atoms with Crippen molar-refractivity contribution in [2.75, 3.05) is 39.4 Å². The Kier molecular flexibility index (Phi) is 6.66. The average molecular weight is 515 g/mol. The van der Waals surface area contributed by atoms with E-state index in [4.69, 9.17) is 13.9 Å². The first-order valence-corrected chi connectivity index (χ1v) is 12.7. The van der Waals surface area contributed by atoms with E-state index in [0.717, 1.165) is 24.2 Å². The molecule has 0 saturated carbocycles. The number of benzene rings is 3. The highest BCUT2D eigenvalue weighted by Gasteiger charge is 2.42. The molecule has 0 N–H and O–H groups in total. The predicted octanol–water partition coefficient (Wildman–Crippen LogP) is 4.39. The summed E-state index contributed by atoms with van der Waals surface area (Å²) in [5, 5.41) is 0.119. The number of nitrogens with zero attached hydrogens (tertiary/aromatic N) is 2. The van der Waals surface area contributed by atoms with Crippen molar-refractivity contribution < 1.29 is 23.1 Å². The van der Waals surface area contributed by atoms with Crippen LogP contribution in [0.25, 0.3) is 11.0 Å². The van der Waals surface area contributed by atoms with Crippen molar-refractivity contribution in [1.82, 2.24) is 9.80 Å². The minimum Gasteiger partial charge on any atom is -0.489 e. The van der Waals surface area contributed by atoms with Crippen LogP contribution >= 0.6 is 0 Å². The lowest BCUT2D eigenvalue weighted by atomic mass is 9.98. The van der Waals surface area contributed by atoms with Crippen LogP contribution in [0.3, 0.4) is 0 Å². The van der Waals surface area contributed by atoms with Gasteiger partial charge in [0.05, 0.1) is 30.2 Å². The first-order valence-electron chi connectivity index (χ1n) is 12.7. The predicted molar refractivity (Wildman–Crippen MR) is 140 cm³/mol. The second kappa shape index (κ2) is 10.4. The zero-order valence-electron chi connectivity index (χ0n) is 20.8. The molecule has 1 aromatic heterocycles. The molecule has 3 aromatic carbocycles. The van der Waals surface area contributed by atoms with Crippen molar-refractivity contribution in [3.05, 3.63) is 111 Å². The minimum atomic E-state index is -0.678. The summed E-state index contributed by atoms with van der Waals surface area (Å²) in [4.78, 5) is 31.3. The number of halogens is 1. The Morgan fingerprint density at radius 2 is 1.74 bits per heavy atom. The van der Waals surface area contributed by atoms with Gasteiger partial charge in [-0.2, -0.15) is 0 Å². The van der Waals surface area contributed by atoms with Crippen molar-refractivity contribution in [3.8, 4) is 5.75 Å². The van der Waals surface area contributed by atoms with Gasteiger partial charge in [-0.15, -0.1) is 0 Å². The van der Waals surface area contributed by atoms with Crippen LogP contribution in [-0.4, -0.2) is 55.1 Å². The van der Waals surface area contributed by atoms with Crippen LogP contribution in [0.4, 0.5) is 4.39 Å². The molecule has 4 aromatic rings. The van der Waals surface area contributed by atoms with E-state index in [1.54, 1.807) is 4.90 Å². The average Bonchev–Trinajstić information content (AvgIpc) is 3.24. The van der Waals surface area contributed by atoms with Gasteiger partial charge in [-0.1, -0.05) is 42.5 Å². The molecular formula is C30H27FN2O5. The van der Waals surface area contributed by atoms with Crippen LogP contribution in [0.2, 0.25) is 0 Å². The molecule has 1 atom stereocenters. The summed E-state index contributed by atoms with van der Waals surface area (Å²) in [6.45, 7) is 4.27. The Morgan fingerprint density at radius 1 is 0.921 bits per heavy atom. The lowest BCUT2D eigenvalue weighted by Crippen LogP contribution is -2.42. The molecule has 1 unspecified atom stereocenters. The number of ether oxygens (including phenoxy) is 2. The fraction of sp³-hybridized carbons (Fsp3) is 0.267. The first-order chi connectivity index (χ1) is 18.6. The summed E-state index contributed by atoms with van der Waals surface area (Å²) in [5.74, 6) is -0.253. The van der Waals surface area contributed by atoms with Gasteiger partial charge in [0.15, 0.2) is 5.43 Å². The number of morpholine rings is 1. The van der Waals surface area contributed by atoms with Gasteiger partial charge < -0.3 is 18.8 Å². The molecule has 3 heterocycles. The Bertz CT molecular complexity index is 1530. The summed E-state index contributed by atoms with van der Waals surface area (Å²) >= 11 is 0. The zero-order chi connectivity index (χ0) is 26.1. The van der Waals surface area contributed by atoms with Gasteiger partial charge in [-0.25, -0.2) is 4.39 Å². The molecule has 0 aliphatic carbocycles. The Balaban J connectivity index is 1.38. The molecule has 1 amide bonds. The SMILES string of the molecule is O=C1c2oc3ccc(F)cc3c(=O)c2C(c2cccc(OCc3ccccc3)c2)N1CCN1CCOCC1. The van der Waals surface area contributed by atoms with Gasteiger partial charge in [0.2, 0.25) is 5.76 Å². The molecule has 0 bridgehead atoms. The fourth-order valence-electron chi connectivity index (χ4n) is 5.16. The standard InChI is InChI=1S/C30H27FN2O5/c31-22-9-10-25-24(18-22)28(34)26-27(21-7-4-8-23(17-21)37-19-20-5-2-1-3-6-20)33(30(35)29(26)38-25)12-11-32-13-15-36-16-14-32/h1-10,17-18,27H,11-16,19H2. The number of hydrogen-bond acceptors (Lipinski definition) is 6. The molecule has 194 valence electrons. The van der Waals surface area contributed by atoms with Crippen LogP contribution in [0.1, 0.15) is 33.3 Å². The van der Waals surface area contributed by atoms with E-state index in [1.165, 1.54) is 18.2 Å². The third-order valence-corrected chi connectivity index (χ3v) is 7.11. The third-order valence-electron chi connectivity index (χ3n) is 7.11. The van der Waals surface area contributed by atoms with Crippen LogP contribution in [0.15, 0.2) is 82.0 Å². The van der Waals surface area contributed by atoms with Crippen molar-refractivity contribution in [2.45, 2.75) is 12.6 Å². The highest BCUT2D eigenvalue weighted by atomic mass is 19.1. The van der Waals surface area contributed by atoms with Crippen molar-refractivity contribution >= 4 is 16.9 Å². The summed E-state index contributed by atoms with van der Waals surface area (Å²) in [6.07, 6.45) is 0. The topological polar surface area (TPSA) is 72.2 Å². The molecule has 1 fully saturated rings. The van der Waals surface area contributed by atoms with E-state index < -0.39 is 17.3 Å². The maximum Gasteiger partial charge on any atom is 0.290 e. The maximum absolute atomic E-state index is 14.1. The molecule has 38 heavy (non-hydrogen) atoms. The van der Waals surface area contributed by atoms with Crippen molar-refractivity contribution in [3.63, 3.8) is 0 Å². The van der Waals surface area contributed by atoms with Crippen LogP contribution < -0.4 is 10.2 Å². The molecule has 7 nitrogen and oxygen atoms in total. The monoisotopic (exact) mass is 514 g/mol. The normalized spacial score (nSPS) is 17.7. The number of fused-ring (bicyclic) bond motifs is 2. The number of hydrogen-bond donors (Lipinski definition) is 0. The second-order valence-corrected chi connectivity index (χ2v) is 9.52. The molecule has 2 aliphatic rings. The van der Waals surface area contributed by atoms with Gasteiger partial charge in [0.1, 0.15) is 23.8 Å². The molecule has 2 aliphatic heterocycles. The van der Waals surface area contributed by atoms with E-state index in [9.17, 15) is 14.0 Å². The van der Waals surface area contributed by atoms with Gasteiger partial charge >= 0.3 is 0 Å².